The smallest absolute Gasteiger partial charge is 0.191 e. The van der Waals surface area contributed by atoms with Crippen LogP contribution in [0.3, 0.4) is 0 Å². The largest absolute Gasteiger partial charge is 0.356 e. The zero-order valence-corrected chi connectivity index (χ0v) is 15.9. The van der Waals surface area contributed by atoms with Crippen LogP contribution in [0.25, 0.3) is 0 Å². The third-order valence-electron chi connectivity index (χ3n) is 5.19. The molecule has 1 aliphatic carbocycles. The summed E-state index contributed by atoms with van der Waals surface area (Å²) >= 11 is 0. The minimum atomic E-state index is -2.78. The number of rotatable bonds is 8. The van der Waals surface area contributed by atoms with Gasteiger partial charge in [0.15, 0.2) is 15.8 Å². The average molecular weight is 359 g/mol. The van der Waals surface area contributed by atoms with Crippen LogP contribution in [0, 0.1) is 5.92 Å². The van der Waals surface area contributed by atoms with Crippen molar-refractivity contribution in [2.45, 2.75) is 44.9 Å². The Morgan fingerprint density at radius 1 is 1.08 bits per heavy atom. The summed E-state index contributed by atoms with van der Waals surface area (Å²) in [6, 6.07) is 0. The lowest BCUT2D eigenvalue weighted by atomic mass is 10.0. The third kappa shape index (κ3) is 7.38. The first-order valence-electron chi connectivity index (χ1n) is 9.46. The van der Waals surface area contributed by atoms with Gasteiger partial charge in [-0.05, 0) is 12.3 Å². The highest BCUT2D eigenvalue weighted by atomic mass is 32.2. The highest BCUT2D eigenvalue weighted by Gasteiger charge is 2.20. The van der Waals surface area contributed by atoms with Gasteiger partial charge in [-0.2, -0.15) is 0 Å². The Kier molecular flexibility index (Phi) is 8.32. The summed E-state index contributed by atoms with van der Waals surface area (Å²) in [7, 11) is -0.991. The Morgan fingerprint density at radius 2 is 1.75 bits per heavy atom. The maximum Gasteiger partial charge on any atom is 0.191 e. The third-order valence-corrected chi connectivity index (χ3v) is 6.80. The molecule has 0 atom stereocenters. The van der Waals surface area contributed by atoms with Gasteiger partial charge in [0.1, 0.15) is 0 Å². The summed E-state index contributed by atoms with van der Waals surface area (Å²) in [5, 5.41) is 6.69. The van der Waals surface area contributed by atoms with Crippen LogP contribution in [-0.4, -0.2) is 70.6 Å². The van der Waals surface area contributed by atoms with Gasteiger partial charge in [-0.1, -0.05) is 38.5 Å². The summed E-state index contributed by atoms with van der Waals surface area (Å²) in [6.07, 6.45) is 9.62. The summed E-state index contributed by atoms with van der Waals surface area (Å²) in [5.41, 5.74) is 0. The van der Waals surface area contributed by atoms with Crippen LogP contribution in [0.15, 0.2) is 4.99 Å². The van der Waals surface area contributed by atoms with Gasteiger partial charge in [-0.3, -0.25) is 9.89 Å². The predicted molar refractivity (Wildman–Crippen MR) is 100 cm³/mol. The maximum atomic E-state index is 11.4. The van der Waals surface area contributed by atoms with E-state index < -0.39 is 9.84 Å². The molecule has 2 N–H and O–H groups in total. The summed E-state index contributed by atoms with van der Waals surface area (Å²) in [6.45, 7) is 3.92. The number of hydrogen-bond donors (Lipinski definition) is 2. The van der Waals surface area contributed by atoms with E-state index in [2.05, 4.69) is 20.5 Å². The molecule has 24 heavy (non-hydrogen) atoms. The van der Waals surface area contributed by atoms with Gasteiger partial charge in [0, 0.05) is 39.8 Å². The highest BCUT2D eigenvalue weighted by molar-refractivity contribution is 7.91. The van der Waals surface area contributed by atoms with Crippen molar-refractivity contribution in [2.75, 3.05) is 51.3 Å². The molecule has 0 amide bonds. The van der Waals surface area contributed by atoms with Crippen molar-refractivity contribution in [2.24, 2.45) is 10.9 Å². The fraction of sp³-hybridized carbons (Fsp3) is 0.941. The molecule has 1 saturated carbocycles. The topological polar surface area (TPSA) is 73.8 Å². The van der Waals surface area contributed by atoms with E-state index in [0.717, 1.165) is 31.5 Å². The molecule has 0 aromatic rings. The van der Waals surface area contributed by atoms with Crippen molar-refractivity contribution in [3.63, 3.8) is 0 Å². The summed E-state index contributed by atoms with van der Waals surface area (Å²) < 4.78 is 22.8. The maximum absolute atomic E-state index is 11.4. The zero-order valence-electron chi connectivity index (χ0n) is 15.1. The van der Waals surface area contributed by atoms with E-state index in [0.29, 0.717) is 24.6 Å². The van der Waals surface area contributed by atoms with Crippen LogP contribution in [-0.2, 0) is 9.84 Å². The molecule has 2 aliphatic rings. The first kappa shape index (κ1) is 19.5. The molecule has 1 heterocycles. The van der Waals surface area contributed by atoms with Gasteiger partial charge >= 0.3 is 0 Å². The van der Waals surface area contributed by atoms with Crippen molar-refractivity contribution in [3.05, 3.63) is 0 Å². The van der Waals surface area contributed by atoms with Crippen LogP contribution >= 0.6 is 0 Å². The molecule has 0 spiro atoms. The van der Waals surface area contributed by atoms with E-state index >= 15 is 0 Å². The van der Waals surface area contributed by atoms with Gasteiger partial charge in [-0.25, -0.2) is 8.42 Å². The van der Waals surface area contributed by atoms with E-state index in [4.69, 9.17) is 0 Å². The summed E-state index contributed by atoms with van der Waals surface area (Å²) in [4.78, 5) is 6.45. The number of unbranched alkanes of at least 4 members (excludes halogenated alkanes) is 1. The first-order chi connectivity index (χ1) is 11.6. The molecule has 2 fully saturated rings. The molecule has 0 radical (unpaired) electrons. The lowest BCUT2D eigenvalue weighted by Crippen LogP contribution is -2.46. The van der Waals surface area contributed by atoms with E-state index in [1.54, 1.807) is 7.05 Å². The van der Waals surface area contributed by atoms with E-state index in [1.807, 2.05) is 0 Å². The molecular formula is C17H34N4O2S. The number of nitrogens with zero attached hydrogens (tertiary/aromatic N) is 2. The lowest BCUT2D eigenvalue weighted by molar-refractivity contribution is 0.299. The Morgan fingerprint density at radius 3 is 2.42 bits per heavy atom. The van der Waals surface area contributed by atoms with Gasteiger partial charge in [0.05, 0.1) is 11.5 Å². The number of guanidine groups is 1. The van der Waals surface area contributed by atoms with Gasteiger partial charge in [-0.15, -0.1) is 0 Å². The molecule has 140 valence electrons. The Hall–Kier alpha value is -0.820. The van der Waals surface area contributed by atoms with E-state index in [1.165, 1.54) is 44.9 Å². The lowest BCUT2D eigenvalue weighted by Gasteiger charge is -2.26. The number of aliphatic imine (C=N–C) groups is 1. The molecule has 0 aromatic carbocycles. The molecule has 0 unspecified atom stereocenters. The van der Waals surface area contributed by atoms with Crippen molar-refractivity contribution in [1.82, 2.24) is 15.5 Å². The minimum Gasteiger partial charge on any atom is -0.356 e. The minimum absolute atomic E-state index is 0.293. The number of sulfone groups is 1. The van der Waals surface area contributed by atoms with Crippen LogP contribution in [0.4, 0.5) is 0 Å². The van der Waals surface area contributed by atoms with Crippen molar-refractivity contribution in [3.8, 4) is 0 Å². The van der Waals surface area contributed by atoms with E-state index in [9.17, 15) is 8.42 Å². The Bertz CT molecular complexity index is 473. The average Bonchev–Trinajstić information content (AvgIpc) is 3.07. The molecule has 6 nitrogen and oxygen atoms in total. The molecular weight excluding hydrogens is 324 g/mol. The SMILES string of the molecule is CN=C(NCCCCC1CCCC1)NCCN1CCS(=O)(=O)CC1. The second kappa shape index (κ2) is 10.2. The monoisotopic (exact) mass is 358 g/mol. The molecule has 2 rings (SSSR count). The van der Waals surface area contributed by atoms with Gasteiger partial charge in [0.2, 0.25) is 0 Å². The number of hydrogen-bond acceptors (Lipinski definition) is 4. The fourth-order valence-corrected chi connectivity index (χ4v) is 4.87. The van der Waals surface area contributed by atoms with Gasteiger partial charge < -0.3 is 10.6 Å². The van der Waals surface area contributed by atoms with Crippen LogP contribution < -0.4 is 10.6 Å². The van der Waals surface area contributed by atoms with E-state index in [-0.39, 0.29) is 0 Å². The van der Waals surface area contributed by atoms with Crippen molar-refractivity contribution >= 4 is 15.8 Å². The molecule has 0 aromatic heterocycles. The van der Waals surface area contributed by atoms with Crippen LogP contribution in [0.1, 0.15) is 44.9 Å². The molecule has 0 bridgehead atoms. The van der Waals surface area contributed by atoms with Gasteiger partial charge in [0.25, 0.3) is 0 Å². The number of nitrogens with one attached hydrogen (secondary N) is 2. The quantitative estimate of drug-likeness (QED) is 0.388. The van der Waals surface area contributed by atoms with Crippen molar-refractivity contribution < 1.29 is 8.42 Å². The second-order valence-corrected chi connectivity index (χ2v) is 9.37. The zero-order chi connectivity index (χ0) is 17.3. The fourth-order valence-electron chi connectivity index (χ4n) is 3.59. The normalized spacial score (nSPS) is 22.6. The highest BCUT2D eigenvalue weighted by Crippen LogP contribution is 2.28. The molecule has 7 heteroatoms. The molecule has 1 saturated heterocycles. The second-order valence-electron chi connectivity index (χ2n) is 7.07. The van der Waals surface area contributed by atoms with Crippen LogP contribution in [0.2, 0.25) is 0 Å². The Balaban J connectivity index is 1.49. The Labute approximate surface area is 147 Å². The van der Waals surface area contributed by atoms with Crippen LogP contribution in [0.5, 0.6) is 0 Å². The summed E-state index contributed by atoms with van der Waals surface area (Å²) in [5.74, 6) is 2.42. The predicted octanol–water partition coefficient (Wildman–Crippen LogP) is 1.24. The standard InChI is InChI=1S/C17H34N4O2S/c1-18-17(19-9-5-4-8-16-6-2-3-7-16)20-10-11-21-12-14-24(22,23)15-13-21/h16H,2-15H2,1H3,(H2,18,19,20). The first-order valence-corrected chi connectivity index (χ1v) is 11.3. The van der Waals surface area contributed by atoms with Crippen molar-refractivity contribution in [1.29, 1.82) is 0 Å². The molecule has 1 aliphatic heterocycles.